The zero-order chi connectivity index (χ0) is 21.7. The van der Waals surface area contributed by atoms with Crippen molar-refractivity contribution in [3.05, 3.63) is 0 Å². The van der Waals surface area contributed by atoms with E-state index in [-0.39, 0.29) is 11.5 Å². The molecule has 0 saturated heterocycles. The molecular formula is C14H22O10S4. The Morgan fingerprint density at radius 1 is 0.607 bits per heavy atom. The van der Waals surface area contributed by atoms with Crippen LogP contribution in [-0.2, 0) is 38.1 Å². The minimum Gasteiger partial charge on any atom is -0.462 e. The molecule has 0 aliphatic rings. The Morgan fingerprint density at radius 3 is 1.14 bits per heavy atom. The summed E-state index contributed by atoms with van der Waals surface area (Å²) < 4.78 is 19.4. The third-order valence-electron chi connectivity index (χ3n) is 2.96. The molecule has 0 rings (SSSR count). The van der Waals surface area contributed by atoms with Crippen LogP contribution in [0.25, 0.3) is 0 Å². The molecular weight excluding hydrogens is 456 g/mol. The predicted molar refractivity (Wildman–Crippen MR) is 109 cm³/mol. The van der Waals surface area contributed by atoms with Crippen LogP contribution >= 0.6 is 50.5 Å². The molecule has 0 spiro atoms. The molecule has 0 fully saturated rings. The fourth-order valence-corrected chi connectivity index (χ4v) is 2.08. The van der Waals surface area contributed by atoms with Crippen LogP contribution in [0, 0.1) is 0 Å². The van der Waals surface area contributed by atoms with Gasteiger partial charge in [0.2, 0.25) is 0 Å². The Labute approximate surface area is 183 Å². The highest BCUT2D eigenvalue weighted by Crippen LogP contribution is 2.16. The van der Waals surface area contributed by atoms with Crippen molar-refractivity contribution in [3.8, 4) is 0 Å². The van der Waals surface area contributed by atoms with Crippen molar-refractivity contribution in [1.82, 2.24) is 0 Å². The van der Waals surface area contributed by atoms with Gasteiger partial charge in [0, 0.05) is 0 Å². The van der Waals surface area contributed by atoms with Gasteiger partial charge in [-0.15, -0.1) is 0 Å². The third kappa shape index (κ3) is 10.7. The normalized spacial score (nSPS) is 14.9. The summed E-state index contributed by atoms with van der Waals surface area (Å²) in [7, 11) is 0. The Kier molecular flexibility index (Phi) is 14.7. The predicted octanol–water partition coefficient (Wildman–Crippen LogP) is -1.66. The summed E-state index contributed by atoms with van der Waals surface area (Å²) in [6, 6.07) is 0. The van der Waals surface area contributed by atoms with Crippen molar-refractivity contribution in [3.63, 3.8) is 0 Å². The number of hydrogen-bond acceptors (Lipinski definition) is 14. The van der Waals surface area contributed by atoms with Gasteiger partial charge in [-0.25, -0.2) is 0 Å². The number of thiol groups is 4. The van der Waals surface area contributed by atoms with Crippen molar-refractivity contribution in [1.29, 1.82) is 0 Å². The zero-order valence-corrected chi connectivity index (χ0v) is 18.1. The van der Waals surface area contributed by atoms with Gasteiger partial charge in [0.1, 0.15) is 25.4 Å². The van der Waals surface area contributed by atoms with Gasteiger partial charge in [-0.3, -0.25) is 19.2 Å². The highest BCUT2D eigenvalue weighted by atomic mass is 32.1. The van der Waals surface area contributed by atoms with Crippen LogP contribution in [0.4, 0.5) is 0 Å². The monoisotopic (exact) mass is 478 g/mol. The molecule has 0 heterocycles. The van der Waals surface area contributed by atoms with Gasteiger partial charge in [0.05, 0.1) is 23.0 Å². The molecule has 4 unspecified atom stereocenters. The largest absolute Gasteiger partial charge is 0.462 e. The van der Waals surface area contributed by atoms with E-state index in [1.54, 1.807) is 0 Å². The van der Waals surface area contributed by atoms with Crippen molar-refractivity contribution in [2.75, 3.05) is 36.2 Å². The van der Waals surface area contributed by atoms with Gasteiger partial charge in [-0.2, -0.15) is 50.5 Å². The maximum atomic E-state index is 11.7. The van der Waals surface area contributed by atoms with E-state index in [9.17, 15) is 29.4 Å². The molecule has 0 aromatic carbocycles. The zero-order valence-electron chi connectivity index (χ0n) is 14.5. The average Bonchev–Trinajstić information content (AvgIpc) is 2.71. The van der Waals surface area contributed by atoms with E-state index in [0.717, 1.165) is 0 Å². The summed E-state index contributed by atoms with van der Waals surface area (Å²) in [6.07, 6.45) is -6.72. The first-order chi connectivity index (χ1) is 13.2. The Hall–Kier alpha value is -0.800. The summed E-state index contributed by atoms with van der Waals surface area (Å²) in [5.41, 5.74) is 0. The summed E-state index contributed by atoms with van der Waals surface area (Å²) in [6.45, 7) is -1.30. The maximum absolute atomic E-state index is 11.7. The molecule has 0 radical (unpaired) electrons. The van der Waals surface area contributed by atoms with Crippen LogP contribution in [0.15, 0.2) is 0 Å². The molecule has 28 heavy (non-hydrogen) atoms. The fraction of sp³-hybridized carbons (Fsp3) is 0.714. The quantitative estimate of drug-likeness (QED) is 0.103. The smallest absolute Gasteiger partial charge is 0.316 e. The molecule has 4 atom stereocenters. The average molecular weight is 479 g/mol. The van der Waals surface area contributed by atoms with E-state index in [1.807, 2.05) is 0 Å². The highest BCUT2D eigenvalue weighted by molar-refractivity contribution is 7.81. The second-order valence-corrected chi connectivity index (χ2v) is 6.31. The summed E-state index contributed by atoms with van der Waals surface area (Å²) in [5, 5.41) is 20.6. The van der Waals surface area contributed by atoms with Crippen molar-refractivity contribution >= 4 is 74.4 Å². The molecule has 0 amide bonds. The first-order valence-electron chi connectivity index (χ1n) is 7.69. The van der Waals surface area contributed by atoms with Gasteiger partial charge in [0.25, 0.3) is 0 Å². The van der Waals surface area contributed by atoms with Crippen molar-refractivity contribution in [2.24, 2.45) is 0 Å². The fourth-order valence-electron chi connectivity index (χ4n) is 1.74. The number of carbonyl (C=O) groups is 4. The second-order valence-electron chi connectivity index (χ2n) is 5.04. The van der Waals surface area contributed by atoms with Gasteiger partial charge >= 0.3 is 23.9 Å². The molecule has 10 nitrogen and oxygen atoms in total. The maximum Gasteiger partial charge on any atom is 0.316 e. The molecule has 14 heteroatoms. The number of aliphatic hydroxyl groups is 2. The first kappa shape index (κ1) is 27.2. The van der Waals surface area contributed by atoms with E-state index >= 15 is 0 Å². The van der Waals surface area contributed by atoms with E-state index in [2.05, 4.69) is 50.5 Å². The number of carbonyl (C=O) groups excluding carboxylic acids is 4. The summed E-state index contributed by atoms with van der Waals surface area (Å²) >= 11 is 14.9. The van der Waals surface area contributed by atoms with Gasteiger partial charge in [-0.1, -0.05) is 0 Å². The minimum atomic E-state index is -1.69. The molecule has 162 valence electrons. The molecule has 0 aliphatic carbocycles. The molecule has 0 aromatic rings. The Bertz CT molecular complexity index is 486. The number of aliphatic hydroxyl groups excluding tert-OH is 2. The topological polar surface area (TPSA) is 146 Å². The Morgan fingerprint density at radius 2 is 0.893 bits per heavy atom. The molecule has 2 N–H and O–H groups in total. The van der Waals surface area contributed by atoms with Gasteiger partial charge < -0.3 is 29.2 Å². The van der Waals surface area contributed by atoms with Gasteiger partial charge in [0.15, 0.2) is 12.2 Å². The third-order valence-corrected chi connectivity index (χ3v) is 4.00. The minimum absolute atomic E-state index is 0.270. The molecule has 0 aliphatic heterocycles. The molecule has 0 saturated carbocycles. The summed E-state index contributed by atoms with van der Waals surface area (Å²) in [5.74, 6) is -4.70. The van der Waals surface area contributed by atoms with Crippen LogP contribution < -0.4 is 0 Å². The SMILES string of the molecule is O=C(CS)OCC(O)C(OC(=O)CS)C(OC(=O)CS)C(O)COC(=O)CS. The van der Waals surface area contributed by atoms with Crippen molar-refractivity contribution < 1.29 is 48.3 Å². The van der Waals surface area contributed by atoms with E-state index in [4.69, 9.17) is 18.9 Å². The summed E-state index contributed by atoms with van der Waals surface area (Å²) in [4.78, 5) is 45.7. The number of ether oxygens (including phenoxy) is 4. The molecule has 0 bridgehead atoms. The lowest BCUT2D eigenvalue weighted by atomic mass is 10.0. The Balaban J connectivity index is 5.51. The first-order valence-corrected chi connectivity index (χ1v) is 10.2. The van der Waals surface area contributed by atoms with E-state index in [0.29, 0.717) is 0 Å². The lowest BCUT2D eigenvalue weighted by Crippen LogP contribution is -2.52. The van der Waals surface area contributed by atoms with Gasteiger partial charge in [-0.05, 0) is 0 Å². The lowest BCUT2D eigenvalue weighted by Gasteiger charge is -2.32. The number of hydrogen-bond donors (Lipinski definition) is 6. The second kappa shape index (κ2) is 15.1. The van der Waals surface area contributed by atoms with E-state index < -0.39 is 73.0 Å². The standard InChI is InChI=1S/C14H22O10S4/c15-7(1-21-9(17)3-25)13(23-11(19)5-27)14(24-12(20)6-28)8(16)2-22-10(18)4-26/h7-8,13-16,25-28H,1-6H2. The van der Waals surface area contributed by atoms with Crippen LogP contribution in [0.2, 0.25) is 0 Å². The highest BCUT2D eigenvalue weighted by Gasteiger charge is 2.40. The van der Waals surface area contributed by atoms with Crippen LogP contribution in [0.1, 0.15) is 0 Å². The van der Waals surface area contributed by atoms with E-state index in [1.165, 1.54) is 0 Å². The van der Waals surface area contributed by atoms with Crippen LogP contribution in [0.3, 0.4) is 0 Å². The number of esters is 4. The van der Waals surface area contributed by atoms with Crippen LogP contribution in [0.5, 0.6) is 0 Å². The van der Waals surface area contributed by atoms with Crippen molar-refractivity contribution in [2.45, 2.75) is 24.4 Å². The number of rotatable bonds is 13. The molecule has 0 aromatic heterocycles. The van der Waals surface area contributed by atoms with Crippen LogP contribution in [-0.4, -0.2) is 94.7 Å². The lowest BCUT2D eigenvalue weighted by molar-refractivity contribution is -0.193.